The van der Waals surface area contributed by atoms with Crippen LogP contribution < -0.4 is 5.32 Å². The number of carbonyl (C=O) groups excluding carboxylic acids is 1. The average molecular weight is 244 g/mol. The summed E-state index contributed by atoms with van der Waals surface area (Å²) in [6.07, 6.45) is -0.476. The van der Waals surface area contributed by atoms with Gasteiger partial charge in [-0.25, -0.2) is 0 Å². The molecular weight excluding hydrogens is 228 g/mol. The van der Waals surface area contributed by atoms with Crippen LogP contribution in [0.1, 0.15) is 12.6 Å². The van der Waals surface area contributed by atoms with Crippen LogP contribution in [0.15, 0.2) is 30.3 Å². The number of ether oxygens (including phenoxy) is 1. The lowest BCUT2D eigenvalue weighted by Crippen LogP contribution is -2.26. The molecule has 1 aromatic carbocycles. The summed E-state index contributed by atoms with van der Waals surface area (Å²) in [5.74, 6) is -0.169. The third-order valence-corrected chi connectivity index (χ3v) is 2.90. The fourth-order valence-corrected chi connectivity index (χ4v) is 1.68. The Hall–Kier alpha value is -1.94. The fourth-order valence-electron chi connectivity index (χ4n) is 1.68. The van der Waals surface area contributed by atoms with E-state index >= 15 is 0 Å². The molecule has 1 amide bonds. The summed E-state index contributed by atoms with van der Waals surface area (Å²) in [5, 5.41) is 3.83. The van der Waals surface area contributed by atoms with Gasteiger partial charge in [0, 0.05) is 12.5 Å². The average Bonchev–Trinajstić information content (AvgIpc) is 2.38. The maximum absolute atomic E-state index is 11.8. The number of benzene rings is 1. The Morgan fingerprint density at radius 3 is 2.83 bits per heavy atom. The van der Waals surface area contributed by atoms with Crippen LogP contribution in [0.2, 0.25) is 0 Å². The standard InChI is InChI=1S/C14H16N2O2/c1-9-13(16-14(17)10(2)18-3)8-11-6-4-5-7-12(11)15-9/h4-8,10H,1-3H3,(H,16,17)/t10-/m0/s1. The lowest BCUT2D eigenvalue weighted by molar-refractivity contribution is -0.124. The highest BCUT2D eigenvalue weighted by molar-refractivity contribution is 5.96. The number of rotatable bonds is 3. The monoisotopic (exact) mass is 244 g/mol. The minimum atomic E-state index is -0.476. The zero-order valence-corrected chi connectivity index (χ0v) is 10.7. The molecule has 0 aliphatic carbocycles. The maximum atomic E-state index is 11.8. The van der Waals surface area contributed by atoms with Crippen molar-refractivity contribution >= 4 is 22.5 Å². The van der Waals surface area contributed by atoms with Crippen molar-refractivity contribution in [1.82, 2.24) is 4.98 Å². The van der Waals surface area contributed by atoms with E-state index in [0.717, 1.165) is 22.3 Å². The molecule has 0 fully saturated rings. The predicted molar refractivity (Wildman–Crippen MR) is 71.6 cm³/mol. The van der Waals surface area contributed by atoms with Crippen LogP contribution in [-0.2, 0) is 9.53 Å². The normalized spacial score (nSPS) is 12.4. The molecule has 1 aromatic heterocycles. The molecule has 18 heavy (non-hydrogen) atoms. The van der Waals surface area contributed by atoms with Gasteiger partial charge in [0.1, 0.15) is 6.10 Å². The predicted octanol–water partition coefficient (Wildman–Crippen LogP) is 2.52. The number of aromatic nitrogens is 1. The maximum Gasteiger partial charge on any atom is 0.253 e. The molecule has 0 saturated heterocycles. The number of hydrogen-bond acceptors (Lipinski definition) is 3. The Bertz CT molecular complexity index is 581. The van der Waals surface area contributed by atoms with Gasteiger partial charge in [-0.05, 0) is 26.0 Å². The van der Waals surface area contributed by atoms with E-state index in [1.54, 1.807) is 6.92 Å². The molecule has 0 bridgehead atoms. The van der Waals surface area contributed by atoms with E-state index in [2.05, 4.69) is 10.3 Å². The number of methoxy groups -OCH3 is 1. The zero-order chi connectivity index (χ0) is 13.1. The van der Waals surface area contributed by atoms with E-state index in [0.29, 0.717) is 0 Å². The van der Waals surface area contributed by atoms with Crippen molar-refractivity contribution < 1.29 is 9.53 Å². The van der Waals surface area contributed by atoms with Gasteiger partial charge in [0.15, 0.2) is 0 Å². The van der Waals surface area contributed by atoms with Gasteiger partial charge in [0.2, 0.25) is 0 Å². The van der Waals surface area contributed by atoms with Gasteiger partial charge in [-0.3, -0.25) is 9.78 Å². The topological polar surface area (TPSA) is 51.2 Å². The molecule has 0 unspecified atom stereocenters. The van der Waals surface area contributed by atoms with Gasteiger partial charge in [-0.15, -0.1) is 0 Å². The van der Waals surface area contributed by atoms with Gasteiger partial charge >= 0.3 is 0 Å². The smallest absolute Gasteiger partial charge is 0.253 e. The third-order valence-electron chi connectivity index (χ3n) is 2.90. The first kappa shape index (κ1) is 12.5. The number of amides is 1. The largest absolute Gasteiger partial charge is 0.372 e. The molecule has 0 radical (unpaired) electrons. The van der Waals surface area contributed by atoms with Gasteiger partial charge < -0.3 is 10.1 Å². The summed E-state index contributed by atoms with van der Waals surface area (Å²) >= 11 is 0. The van der Waals surface area contributed by atoms with Crippen LogP contribution in [0.5, 0.6) is 0 Å². The molecule has 4 heteroatoms. The van der Waals surface area contributed by atoms with E-state index in [1.165, 1.54) is 7.11 Å². The summed E-state index contributed by atoms with van der Waals surface area (Å²) in [7, 11) is 1.51. The Morgan fingerprint density at radius 2 is 2.11 bits per heavy atom. The van der Waals surface area contributed by atoms with Crippen molar-refractivity contribution in [3.05, 3.63) is 36.0 Å². The lowest BCUT2D eigenvalue weighted by atomic mass is 10.2. The van der Waals surface area contributed by atoms with E-state index in [1.807, 2.05) is 37.3 Å². The number of anilines is 1. The summed E-state index contributed by atoms with van der Waals surface area (Å²) in [6.45, 7) is 3.58. The van der Waals surface area contributed by atoms with Gasteiger partial charge in [0.05, 0.1) is 16.9 Å². The van der Waals surface area contributed by atoms with Crippen molar-refractivity contribution in [3.8, 4) is 0 Å². The van der Waals surface area contributed by atoms with Crippen LogP contribution in [0, 0.1) is 6.92 Å². The Kier molecular flexibility index (Phi) is 3.58. The van der Waals surface area contributed by atoms with E-state index in [9.17, 15) is 4.79 Å². The molecule has 2 aromatic rings. The van der Waals surface area contributed by atoms with E-state index < -0.39 is 6.10 Å². The SMILES string of the molecule is CO[C@@H](C)C(=O)Nc1cc2ccccc2nc1C. The summed E-state index contributed by atoms with van der Waals surface area (Å²) < 4.78 is 4.98. The molecule has 0 aliphatic heterocycles. The van der Waals surface area contributed by atoms with Gasteiger partial charge in [-0.1, -0.05) is 18.2 Å². The molecule has 94 valence electrons. The van der Waals surface area contributed by atoms with Crippen molar-refractivity contribution in [1.29, 1.82) is 0 Å². The van der Waals surface area contributed by atoms with Crippen LogP contribution in [0.25, 0.3) is 10.9 Å². The quantitative estimate of drug-likeness (QED) is 0.902. The highest BCUT2D eigenvalue weighted by atomic mass is 16.5. The fraction of sp³-hybridized carbons (Fsp3) is 0.286. The molecule has 1 N–H and O–H groups in total. The minimum absolute atomic E-state index is 0.169. The molecule has 4 nitrogen and oxygen atoms in total. The van der Waals surface area contributed by atoms with Gasteiger partial charge in [-0.2, -0.15) is 0 Å². The first-order chi connectivity index (χ1) is 8.61. The molecule has 0 saturated carbocycles. The number of nitrogens with zero attached hydrogens (tertiary/aromatic N) is 1. The number of hydrogen-bond donors (Lipinski definition) is 1. The summed E-state index contributed by atoms with van der Waals surface area (Å²) in [5.41, 5.74) is 2.45. The highest BCUT2D eigenvalue weighted by Gasteiger charge is 2.13. The van der Waals surface area contributed by atoms with Crippen LogP contribution >= 0.6 is 0 Å². The van der Waals surface area contributed by atoms with Crippen LogP contribution in [0.4, 0.5) is 5.69 Å². The molecule has 1 heterocycles. The van der Waals surface area contributed by atoms with Crippen molar-refractivity contribution in [2.24, 2.45) is 0 Å². The van der Waals surface area contributed by atoms with Gasteiger partial charge in [0.25, 0.3) is 5.91 Å². The molecular formula is C14H16N2O2. The highest BCUT2D eigenvalue weighted by Crippen LogP contribution is 2.20. The number of fused-ring (bicyclic) bond motifs is 1. The lowest BCUT2D eigenvalue weighted by Gasteiger charge is -2.12. The summed E-state index contributed by atoms with van der Waals surface area (Å²) in [6, 6.07) is 9.74. The van der Waals surface area contributed by atoms with Crippen LogP contribution in [0.3, 0.4) is 0 Å². The number of nitrogens with one attached hydrogen (secondary N) is 1. The molecule has 0 aliphatic rings. The zero-order valence-electron chi connectivity index (χ0n) is 10.7. The molecule has 1 atom stereocenters. The second kappa shape index (κ2) is 5.14. The second-order valence-corrected chi connectivity index (χ2v) is 4.18. The molecule has 2 rings (SSSR count). The Labute approximate surface area is 106 Å². The Balaban J connectivity index is 2.33. The third kappa shape index (κ3) is 2.49. The number of aryl methyl sites for hydroxylation is 1. The second-order valence-electron chi connectivity index (χ2n) is 4.18. The van der Waals surface area contributed by atoms with E-state index in [4.69, 9.17) is 4.74 Å². The van der Waals surface area contributed by atoms with Crippen molar-refractivity contribution in [2.75, 3.05) is 12.4 Å². The first-order valence-electron chi connectivity index (χ1n) is 5.82. The number of pyridine rings is 1. The number of para-hydroxylation sites is 1. The Morgan fingerprint density at radius 1 is 1.39 bits per heavy atom. The van der Waals surface area contributed by atoms with Crippen LogP contribution in [-0.4, -0.2) is 24.1 Å². The first-order valence-corrected chi connectivity index (χ1v) is 5.82. The van der Waals surface area contributed by atoms with Crippen molar-refractivity contribution in [2.45, 2.75) is 20.0 Å². The van der Waals surface area contributed by atoms with Crippen molar-refractivity contribution in [3.63, 3.8) is 0 Å². The summed E-state index contributed by atoms with van der Waals surface area (Å²) in [4.78, 5) is 16.2. The minimum Gasteiger partial charge on any atom is -0.372 e. The molecule has 0 spiro atoms. The van der Waals surface area contributed by atoms with E-state index in [-0.39, 0.29) is 5.91 Å². The number of carbonyl (C=O) groups is 1.